The molecule has 1 saturated carbocycles. The van der Waals surface area contributed by atoms with Crippen LogP contribution in [0.1, 0.15) is 43.6 Å². The van der Waals surface area contributed by atoms with E-state index in [1.807, 2.05) is 6.07 Å². The average molecular weight is 250 g/mol. The van der Waals surface area contributed by atoms with Gasteiger partial charge in [0, 0.05) is 0 Å². The van der Waals surface area contributed by atoms with E-state index >= 15 is 0 Å². The molecule has 1 aromatic rings. The summed E-state index contributed by atoms with van der Waals surface area (Å²) in [6, 6.07) is 5.87. The molecule has 0 radical (unpaired) electrons. The summed E-state index contributed by atoms with van der Waals surface area (Å²) >= 11 is 0. The molecular weight excluding hydrogens is 227 g/mol. The predicted molar refractivity (Wildman–Crippen MR) is 75.2 cm³/mol. The van der Waals surface area contributed by atoms with Crippen LogP contribution in [0.5, 0.6) is 0 Å². The summed E-state index contributed by atoms with van der Waals surface area (Å²) in [5, 5.41) is 1.00. The molecule has 0 unspecified atom stereocenters. The summed E-state index contributed by atoms with van der Waals surface area (Å²) < 4.78 is 13.9. The van der Waals surface area contributed by atoms with E-state index < -0.39 is 8.07 Å². The first-order valence-electron chi connectivity index (χ1n) is 6.78. The molecule has 0 amide bonds. The minimum absolute atomic E-state index is 0.00345. The number of halogens is 1. The molecule has 0 aliphatic heterocycles. The van der Waals surface area contributed by atoms with Crippen molar-refractivity contribution in [3.63, 3.8) is 0 Å². The van der Waals surface area contributed by atoms with E-state index in [0.717, 1.165) is 5.19 Å². The largest absolute Gasteiger partial charge is 0.207 e. The topological polar surface area (TPSA) is 0 Å². The van der Waals surface area contributed by atoms with Gasteiger partial charge >= 0.3 is 0 Å². The fraction of sp³-hybridized carbons (Fsp3) is 0.600. The maximum atomic E-state index is 13.9. The van der Waals surface area contributed by atoms with Crippen molar-refractivity contribution in [2.24, 2.45) is 0 Å². The third-order valence-electron chi connectivity index (χ3n) is 3.88. The third kappa shape index (κ3) is 2.98. The molecule has 1 aliphatic carbocycles. The Kier molecular flexibility index (Phi) is 3.72. The van der Waals surface area contributed by atoms with Crippen LogP contribution in [0.3, 0.4) is 0 Å². The van der Waals surface area contributed by atoms with E-state index in [2.05, 4.69) is 25.7 Å². The van der Waals surface area contributed by atoms with E-state index in [0.29, 0.717) is 5.92 Å². The quantitative estimate of drug-likeness (QED) is 0.682. The lowest BCUT2D eigenvalue weighted by Crippen LogP contribution is -2.40. The van der Waals surface area contributed by atoms with E-state index in [1.54, 1.807) is 6.07 Å². The van der Waals surface area contributed by atoms with Gasteiger partial charge in [0.15, 0.2) is 0 Å². The van der Waals surface area contributed by atoms with Crippen LogP contribution in [0, 0.1) is 5.82 Å². The summed E-state index contributed by atoms with van der Waals surface area (Å²) in [6.07, 6.45) is 6.63. The van der Waals surface area contributed by atoms with Crippen molar-refractivity contribution in [3.8, 4) is 0 Å². The zero-order valence-corrected chi connectivity index (χ0v) is 12.2. The van der Waals surface area contributed by atoms with Gasteiger partial charge in [-0.15, -0.1) is 0 Å². The summed E-state index contributed by atoms with van der Waals surface area (Å²) in [6.45, 7) is 6.65. The molecule has 17 heavy (non-hydrogen) atoms. The molecule has 0 saturated heterocycles. The third-order valence-corrected chi connectivity index (χ3v) is 5.87. The Hall–Kier alpha value is -0.633. The summed E-state index contributed by atoms with van der Waals surface area (Å²) in [5.74, 6) is 0.683. The molecule has 0 bridgehead atoms. The van der Waals surface area contributed by atoms with E-state index in [4.69, 9.17) is 0 Å². The molecule has 0 heterocycles. The molecule has 0 spiro atoms. The van der Waals surface area contributed by atoms with Gasteiger partial charge in [0.05, 0.1) is 8.07 Å². The molecule has 94 valence electrons. The molecule has 1 fully saturated rings. The molecule has 0 N–H and O–H groups in total. The van der Waals surface area contributed by atoms with Crippen LogP contribution < -0.4 is 5.19 Å². The summed E-state index contributed by atoms with van der Waals surface area (Å²) in [5.41, 5.74) is 1.38. The Morgan fingerprint density at radius 3 is 2.29 bits per heavy atom. The van der Waals surface area contributed by atoms with Crippen molar-refractivity contribution >= 4 is 13.3 Å². The predicted octanol–water partition coefficient (Wildman–Crippen LogP) is 4.42. The van der Waals surface area contributed by atoms with E-state index in [9.17, 15) is 4.39 Å². The Bertz CT molecular complexity index is 386. The van der Waals surface area contributed by atoms with Gasteiger partial charge in [-0.25, -0.2) is 4.39 Å². The van der Waals surface area contributed by atoms with Crippen molar-refractivity contribution in [1.29, 1.82) is 0 Å². The minimum atomic E-state index is -1.55. The highest BCUT2D eigenvalue weighted by molar-refractivity contribution is 6.88. The van der Waals surface area contributed by atoms with Crippen molar-refractivity contribution < 1.29 is 4.39 Å². The number of hydrogen-bond acceptors (Lipinski definition) is 0. The van der Waals surface area contributed by atoms with Crippen LogP contribution in [0.25, 0.3) is 0 Å². The van der Waals surface area contributed by atoms with Crippen LogP contribution in [0.2, 0.25) is 19.6 Å². The van der Waals surface area contributed by atoms with Crippen molar-refractivity contribution in [2.75, 3.05) is 0 Å². The van der Waals surface area contributed by atoms with Crippen LogP contribution in [-0.4, -0.2) is 8.07 Å². The average Bonchev–Trinajstić information content (AvgIpc) is 2.29. The van der Waals surface area contributed by atoms with Crippen molar-refractivity contribution in [2.45, 2.75) is 57.7 Å². The molecular formula is C15H23FSi. The van der Waals surface area contributed by atoms with Crippen molar-refractivity contribution in [1.82, 2.24) is 0 Å². The second-order valence-electron chi connectivity index (χ2n) is 6.32. The molecule has 0 aromatic heterocycles. The van der Waals surface area contributed by atoms with Gasteiger partial charge in [0.1, 0.15) is 5.82 Å². The molecule has 1 aliphatic rings. The Morgan fingerprint density at radius 2 is 1.71 bits per heavy atom. The first kappa shape index (κ1) is 12.8. The lowest BCUT2D eigenvalue weighted by molar-refractivity contribution is 0.443. The molecule has 2 rings (SSSR count). The van der Waals surface area contributed by atoms with Crippen LogP contribution in [-0.2, 0) is 0 Å². The molecule has 0 nitrogen and oxygen atoms in total. The highest BCUT2D eigenvalue weighted by Crippen LogP contribution is 2.32. The highest BCUT2D eigenvalue weighted by atomic mass is 28.3. The second-order valence-corrected chi connectivity index (χ2v) is 11.4. The standard InChI is InChI=1S/C15H23FSi/c1-17(2,3)15-11-13(9-10-14(15)16)12-7-5-4-6-8-12/h9-12H,4-8H2,1-3H3. The Balaban J connectivity index is 2.30. The fourth-order valence-corrected chi connectivity index (χ4v) is 4.21. The Labute approximate surface area is 105 Å². The smallest absolute Gasteiger partial charge is 0.122 e. The van der Waals surface area contributed by atoms with Crippen molar-refractivity contribution in [3.05, 3.63) is 29.6 Å². The van der Waals surface area contributed by atoms with E-state index in [1.165, 1.54) is 37.7 Å². The van der Waals surface area contributed by atoms with Gasteiger partial charge in [0.25, 0.3) is 0 Å². The van der Waals surface area contributed by atoms with Crippen LogP contribution >= 0.6 is 0 Å². The zero-order valence-electron chi connectivity index (χ0n) is 11.2. The van der Waals surface area contributed by atoms with Gasteiger partial charge in [-0.05, 0) is 35.6 Å². The lowest BCUT2D eigenvalue weighted by Gasteiger charge is -2.25. The SMILES string of the molecule is C[Si](C)(C)c1cc(C2CCCCC2)ccc1F. The van der Waals surface area contributed by atoms with Gasteiger partial charge in [-0.1, -0.05) is 51.0 Å². The summed E-state index contributed by atoms with van der Waals surface area (Å²) in [7, 11) is -1.55. The molecule has 0 atom stereocenters. The fourth-order valence-electron chi connectivity index (χ4n) is 2.81. The van der Waals surface area contributed by atoms with Crippen LogP contribution in [0.15, 0.2) is 18.2 Å². The second kappa shape index (κ2) is 4.93. The number of hydrogen-bond donors (Lipinski definition) is 0. The number of benzene rings is 1. The number of rotatable bonds is 2. The lowest BCUT2D eigenvalue weighted by atomic mass is 9.84. The minimum Gasteiger partial charge on any atom is -0.207 e. The van der Waals surface area contributed by atoms with Crippen LogP contribution in [0.4, 0.5) is 4.39 Å². The maximum Gasteiger partial charge on any atom is 0.122 e. The highest BCUT2D eigenvalue weighted by Gasteiger charge is 2.23. The normalized spacial score (nSPS) is 18.4. The maximum absolute atomic E-state index is 13.9. The first-order valence-corrected chi connectivity index (χ1v) is 10.3. The first-order chi connectivity index (χ1) is 7.98. The Morgan fingerprint density at radius 1 is 1.06 bits per heavy atom. The summed E-state index contributed by atoms with van der Waals surface area (Å²) in [4.78, 5) is 0. The monoisotopic (exact) mass is 250 g/mol. The van der Waals surface area contributed by atoms with Gasteiger partial charge in [-0.2, -0.15) is 0 Å². The molecule has 1 aromatic carbocycles. The van der Waals surface area contributed by atoms with Gasteiger partial charge in [0.2, 0.25) is 0 Å². The van der Waals surface area contributed by atoms with Gasteiger partial charge < -0.3 is 0 Å². The van der Waals surface area contributed by atoms with Gasteiger partial charge in [-0.3, -0.25) is 0 Å². The zero-order chi connectivity index (χ0) is 12.5. The molecule has 2 heteroatoms. The van der Waals surface area contributed by atoms with E-state index in [-0.39, 0.29) is 5.82 Å².